The zero-order chi connectivity index (χ0) is 32.1. The topological polar surface area (TPSA) is 52.9 Å². The molecule has 0 spiro atoms. The van der Waals surface area contributed by atoms with Gasteiger partial charge in [-0.2, -0.15) is 0 Å². The number of rotatable bonds is 8. The highest BCUT2D eigenvalue weighted by Gasteiger charge is 2.54. The second-order valence-electron chi connectivity index (χ2n) is 17.4. The summed E-state index contributed by atoms with van der Waals surface area (Å²) < 4.78 is 5.69. The van der Waals surface area contributed by atoms with Crippen LogP contribution >= 0.6 is 0 Å². The summed E-state index contributed by atoms with van der Waals surface area (Å²) in [6.45, 7) is 5.53. The van der Waals surface area contributed by atoms with Crippen LogP contribution in [-0.2, 0) is 15.6 Å². The van der Waals surface area contributed by atoms with E-state index in [0.29, 0.717) is 24.7 Å². The number of anilines is 2. The van der Waals surface area contributed by atoms with Crippen LogP contribution in [-0.4, -0.2) is 30.5 Å². The summed E-state index contributed by atoms with van der Waals surface area (Å²) >= 11 is 0. The predicted octanol–water partition coefficient (Wildman–Crippen LogP) is 10.1. The molecule has 0 radical (unpaired) electrons. The molecule has 0 amide bonds. The summed E-state index contributed by atoms with van der Waals surface area (Å²) in [5.41, 5.74) is 8.79. The Kier molecular flexibility index (Phi) is 7.06. The fourth-order valence-electron chi connectivity index (χ4n) is 13.1. The molecular weight excluding hydrogens is 578 g/mol. The smallest absolute Gasteiger partial charge is 0.142 e. The van der Waals surface area contributed by atoms with Gasteiger partial charge < -0.3 is 19.8 Å². The normalized spacial score (nSPS) is 34.7. The molecule has 8 saturated carbocycles. The average molecular weight is 632 g/mol. The van der Waals surface area contributed by atoms with E-state index >= 15 is 0 Å². The largest absolute Gasteiger partial charge is 0.507 e. The minimum Gasteiger partial charge on any atom is -0.507 e. The lowest BCUT2D eigenvalue weighted by atomic mass is 9.48. The van der Waals surface area contributed by atoms with Gasteiger partial charge in [-0.1, -0.05) is 30.3 Å². The molecule has 0 aliphatic heterocycles. The van der Waals surface area contributed by atoms with Crippen LogP contribution in [0.25, 0.3) is 11.1 Å². The van der Waals surface area contributed by atoms with Gasteiger partial charge in [-0.25, -0.2) is 0 Å². The van der Waals surface area contributed by atoms with E-state index in [4.69, 9.17) is 4.74 Å². The van der Waals surface area contributed by atoms with Crippen LogP contribution < -0.4 is 4.90 Å². The molecule has 3 aromatic carbocycles. The van der Waals surface area contributed by atoms with Crippen molar-refractivity contribution in [3.63, 3.8) is 0 Å². The Balaban J connectivity index is 1.16. The lowest BCUT2D eigenvalue weighted by Crippen LogP contribution is -2.48. The van der Waals surface area contributed by atoms with Gasteiger partial charge in [0.05, 0.1) is 12.3 Å². The van der Waals surface area contributed by atoms with Crippen LogP contribution in [0.1, 0.15) is 99.3 Å². The van der Waals surface area contributed by atoms with Gasteiger partial charge in [0, 0.05) is 41.6 Å². The van der Waals surface area contributed by atoms with Crippen LogP contribution in [0, 0.1) is 49.4 Å². The lowest BCUT2D eigenvalue weighted by Gasteiger charge is -2.57. The first-order valence-electron chi connectivity index (χ1n) is 18.8. The first-order chi connectivity index (χ1) is 22.7. The van der Waals surface area contributed by atoms with Crippen molar-refractivity contribution in [3.8, 4) is 22.6 Å². The summed E-state index contributed by atoms with van der Waals surface area (Å²) in [6, 6.07) is 17.5. The lowest BCUT2D eigenvalue weighted by molar-refractivity contribution is -0.00627. The Morgan fingerprint density at radius 1 is 0.617 bits per heavy atom. The van der Waals surface area contributed by atoms with Crippen molar-refractivity contribution >= 4 is 11.4 Å². The van der Waals surface area contributed by atoms with Gasteiger partial charge in [0.1, 0.15) is 11.5 Å². The number of nitrogens with zero attached hydrogens (tertiary/aromatic N) is 1. The second kappa shape index (κ2) is 11.0. The summed E-state index contributed by atoms with van der Waals surface area (Å²) in [5.74, 6) is 5.79. The number of hydrogen-bond acceptors (Lipinski definition) is 4. The molecule has 8 fully saturated rings. The van der Waals surface area contributed by atoms with Gasteiger partial charge in [-0.15, -0.1) is 0 Å². The molecule has 47 heavy (non-hydrogen) atoms. The summed E-state index contributed by atoms with van der Waals surface area (Å²) in [7, 11) is 1.76. The van der Waals surface area contributed by atoms with E-state index in [1.54, 1.807) is 7.11 Å². The first-order valence-corrected chi connectivity index (χ1v) is 18.8. The number of phenols is 2. The number of phenolic OH excluding ortho intramolecular Hbond substituents is 2. The monoisotopic (exact) mass is 631 g/mol. The van der Waals surface area contributed by atoms with Gasteiger partial charge in [-0.05, 0) is 167 Å². The Labute approximate surface area is 281 Å². The highest BCUT2D eigenvalue weighted by atomic mass is 16.5. The summed E-state index contributed by atoms with van der Waals surface area (Å²) in [6.07, 6.45) is 15.6. The molecule has 11 rings (SSSR count). The summed E-state index contributed by atoms with van der Waals surface area (Å²) in [5, 5.41) is 24.7. The number of hydrogen-bond donors (Lipinski definition) is 2. The van der Waals surface area contributed by atoms with Gasteiger partial charge in [0.2, 0.25) is 0 Å². The third-order valence-electron chi connectivity index (χ3n) is 14.0. The quantitative estimate of drug-likeness (QED) is 0.260. The highest BCUT2D eigenvalue weighted by Crippen LogP contribution is 2.64. The molecule has 0 unspecified atom stereocenters. The van der Waals surface area contributed by atoms with E-state index in [2.05, 4.69) is 67.3 Å². The van der Waals surface area contributed by atoms with E-state index in [9.17, 15) is 10.2 Å². The minimum absolute atomic E-state index is 0.0909. The fourth-order valence-corrected chi connectivity index (χ4v) is 13.1. The number of benzene rings is 3. The zero-order valence-electron chi connectivity index (χ0n) is 28.7. The minimum atomic E-state index is 0.0909. The first kappa shape index (κ1) is 30.1. The Bertz CT molecular complexity index is 1630. The average Bonchev–Trinajstić information content (AvgIpc) is 3.02. The third kappa shape index (κ3) is 4.86. The molecule has 0 saturated heterocycles. The SMILES string of the molecule is COCCN(c1ccccc1-c1cc(C)cc(C23CC4CC(CC(C4)C2)C3)c1O)c1cc(C)cc(C23CC4CC(CC(C4)C2)C3)c1O. The van der Waals surface area contributed by atoms with E-state index < -0.39 is 0 Å². The van der Waals surface area contributed by atoms with Crippen LogP contribution in [0.4, 0.5) is 11.4 Å². The maximum atomic E-state index is 12.4. The Morgan fingerprint density at radius 3 is 1.60 bits per heavy atom. The molecule has 4 heteroatoms. The van der Waals surface area contributed by atoms with Gasteiger partial charge >= 0.3 is 0 Å². The Hall–Kier alpha value is -2.98. The second-order valence-corrected chi connectivity index (χ2v) is 17.4. The van der Waals surface area contributed by atoms with Crippen molar-refractivity contribution in [2.75, 3.05) is 25.2 Å². The van der Waals surface area contributed by atoms with E-state index in [0.717, 1.165) is 58.0 Å². The van der Waals surface area contributed by atoms with Gasteiger partial charge in [0.15, 0.2) is 0 Å². The molecule has 0 atom stereocenters. The van der Waals surface area contributed by atoms with Crippen molar-refractivity contribution in [3.05, 3.63) is 70.8 Å². The molecule has 3 aromatic rings. The predicted molar refractivity (Wildman–Crippen MR) is 190 cm³/mol. The number of ether oxygens (including phenoxy) is 1. The van der Waals surface area contributed by atoms with Crippen molar-refractivity contribution in [2.45, 2.75) is 102 Å². The molecule has 8 aliphatic carbocycles. The van der Waals surface area contributed by atoms with Gasteiger partial charge in [-0.3, -0.25) is 0 Å². The van der Waals surface area contributed by atoms with Crippen LogP contribution in [0.15, 0.2) is 48.5 Å². The Morgan fingerprint density at radius 2 is 1.09 bits per heavy atom. The van der Waals surface area contributed by atoms with Crippen molar-refractivity contribution < 1.29 is 14.9 Å². The number of methoxy groups -OCH3 is 1. The third-order valence-corrected chi connectivity index (χ3v) is 14.0. The van der Waals surface area contributed by atoms with E-state index in [-0.39, 0.29) is 10.8 Å². The van der Waals surface area contributed by atoms with Gasteiger partial charge in [0.25, 0.3) is 0 Å². The maximum absolute atomic E-state index is 12.4. The number of aryl methyl sites for hydroxylation is 2. The van der Waals surface area contributed by atoms with Crippen LogP contribution in [0.2, 0.25) is 0 Å². The fraction of sp³-hybridized carbons (Fsp3) is 0.581. The van der Waals surface area contributed by atoms with E-state index in [1.807, 2.05) is 0 Å². The summed E-state index contributed by atoms with van der Waals surface area (Å²) in [4.78, 5) is 2.28. The standard InChI is InChI=1S/C43H53NO3/c1-26-10-35(40(45)36(11-26)42-20-28-14-29(21-42)16-30(15-28)22-42)34-6-4-5-7-38(34)44(8-9-47-3)39-13-27(2)12-37(41(39)46)43-23-31-17-32(24-43)19-33(18-31)25-43/h4-7,10-13,28-33,45-46H,8-9,14-25H2,1-3H3. The van der Waals surface area contributed by atoms with Crippen molar-refractivity contribution in [2.24, 2.45) is 35.5 Å². The number of aromatic hydroxyl groups is 2. The van der Waals surface area contributed by atoms with E-state index in [1.165, 1.54) is 99.3 Å². The molecule has 8 bridgehead atoms. The molecule has 248 valence electrons. The highest BCUT2D eigenvalue weighted by molar-refractivity contribution is 5.88. The molecule has 8 aliphatic rings. The molecule has 0 heterocycles. The maximum Gasteiger partial charge on any atom is 0.142 e. The van der Waals surface area contributed by atoms with Crippen LogP contribution in [0.5, 0.6) is 11.5 Å². The zero-order valence-corrected chi connectivity index (χ0v) is 28.7. The molecule has 0 aromatic heterocycles. The van der Waals surface area contributed by atoms with Crippen molar-refractivity contribution in [1.29, 1.82) is 0 Å². The van der Waals surface area contributed by atoms with Crippen molar-refractivity contribution in [1.82, 2.24) is 0 Å². The molecule has 2 N–H and O–H groups in total. The number of para-hydroxylation sites is 1. The molecule has 4 nitrogen and oxygen atoms in total. The molecular formula is C43H53NO3. The van der Waals surface area contributed by atoms with Crippen LogP contribution in [0.3, 0.4) is 0 Å².